The van der Waals surface area contributed by atoms with Crippen molar-refractivity contribution in [3.05, 3.63) is 69.5 Å². The first kappa shape index (κ1) is 27.4. The summed E-state index contributed by atoms with van der Waals surface area (Å²) in [7, 11) is 0. The predicted molar refractivity (Wildman–Crippen MR) is 139 cm³/mol. The van der Waals surface area contributed by atoms with Gasteiger partial charge in [-0.3, -0.25) is 9.59 Å². The van der Waals surface area contributed by atoms with Gasteiger partial charge in [0, 0.05) is 29.4 Å². The van der Waals surface area contributed by atoms with Gasteiger partial charge in [0.25, 0.3) is 0 Å². The minimum absolute atomic E-state index is 0.0226. The zero-order chi connectivity index (χ0) is 26.1. The molecule has 192 valence electrons. The van der Waals surface area contributed by atoms with Gasteiger partial charge in [-0.1, -0.05) is 22.0 Å². The number of benzene rings is 2. The lowest BCUT2D eigenvalue weighted by Crippen LogP contribution is -2.26. The monoisotopic (exact) mass is 558 g/mol. The molecular formula is C27H31BrN2O6. The van der Waals surface area contributed by atoms with Crippen molar-refractivity contribution >= 4 is 27.9 Å². The van der Waals surface area contributed by atoms with Gasteiger partial charge in [0.05, 0.1) is 24.9 Å². The van der Waals surface area contributed by atoms with Crippen LogP contribution in [0.15, 0.2) is 51.4 Å². The molecule has 0 fully saturated rings. The van der Waals surface area contributed by atoms with Crippen molar-refractivity contribution in [3.63, 3.8) is 0 Å². The Kier molecular flexibility index (Phi) is 10.1. The number of aryl methyl sites for hydroxylation is 2. The van der Waals surface area contributed by atoms with E-state index in [1.807, 2.05) is 49.4 Å². The number of carboxylic acid groups (broad SMARTS) is 1. The second-order valence-corrected chi connectivity index (χ2v) is 9.51. The highest BCUT2D eigenvalue weighted by Gasteiger charge is 2.13. The molecule has 1 aromatic heterocycles. The Bertz CT molecular complexity index is 1170. The topological polar surface area (TPSA) is 111 Å². The summed E-state index contributed by atoms with van der Waals surface area (Å²) in [6.45, 7) is 6.33. The summed E-state index contributed by atoms with van der Waals surface area (Å²) in [5, 5.41) is 12.1. The van der Waals surface area contributed by atoms with Gasteiger partial charge in [0.1, 0.15) is 11.5 Å². The fourth-order valence-corrected chi connectivity index (χ4v) is 3.85. The van der Waals surface area contributed by atoms with Crippen molar-refractivity contribution in [2.24, 2.45) is 0 Å². The molecule has 3 aromatic rings. The molecule has 0 aliphatic rings. The van der Waals surface area contributed by atoms with Crippen LogP contribution in [0.3, 0.4) is 0 Å². The third-order valence-electron chi connectivity index (χ3n) is 5.33. The summed E-state index contributed by atoms with van der Waals surface area (Å²) in [6, 6.07) is 13.3. The van der Waals surface area contributed by atoms with Crippen LogP contribution < -0.4 is 10.1 Å². The highest BCUT2D eigenvalue weighted by Crippen LogP contribution is 2.24. The third kappa shape index (κ3) is 8.49. The van der Waals surface area contributed by atoms with Crippen LogP contribution in [0.2, 0.25) is 0 Å². The molecule has 0 saturated heterocycles. The molecule has 0 radical (unpaired) electrons. The van der Waals surface area contributed by atoms with E-state index in [9.17, 15) is 9.59 Å². The van der Waals surface area contributed by atoms with Gasteiger partial charge < -0.3 is 24.3 Å². The first-order chi connectivity index (χ1) is 17.2. The molecule has 1 heterocycles. The molecule has 2 aromatic carbocycles. The molecule has 0 aliphatic heterocycles. The van der Waals surface area contributed by atoms with Crippen molar-refractivity contribution in [3.8, 4) is 17.2 Å². The normalized spacial score (nSPS) is 11.0. The van der Waals surface area contributed by atoms with Crippen LogP contribution in [-0.4, -0.2) is 41.3 Å². The number of carbonyl (C=O) groups is 2. The number of carboxylic acids is 1. The van der Waals surface area contributed by atoms with E-state index in [2.05, 4.69) is 26.2 Å². The number of nitrogens with zero attached hydrogens (tertiary/aromatic N) is 1. The lowest BCUT2D eigenvalue weighted by Gasteiger charge is -2.14. The number of ether oxygens (including phenoxy) is 2. The first-order valence-electron chi connectivity index (χ1n) is 11.8. The standard InChI is InChI=1S/C27H31BrN2O6/c1-17(2)35-26(33)16-29-15-21-14-23(10-6-19(21)7-11-25(31)32)34-13-12-24-18(3)36-27(30-24)20-4-8-22(28)9-5-20/h4-6,8-10,14,17,29H,7,11-13,15-16H2,1-3H3,(H,31,32). The molecule has 0 amide bonds. The Morgan fingerprint density at radius 2 is 1.86 bits per heavy atom. The molecule has 0 atom stereocenters. The summed E-state index contributed by atoms with van der Waals surface area (Å²) >= 11 is 3.43. The maximum Gasteiger partial charge on any atom is 0.320 e. The lowest BCUT2D eigenvalue weighted by molar-refractivity contribution is -0.146. The van der Waals surface area contributed by atoms with Gasteiger partial charge in [0.15, 0.2) is 0 Å². The van der Waals surface area contributed by atoms with E-state index in [0.717, 1.165) is 32.6 Å². The van der Waals surface area contributed by atoms with E-state index >= 15 is 0 Å². The van der Waals surface area contributed by atoms with E-state index in [1.165, 1.54) is 0 Å². The molecule has 36 heavy (non-hydrogen) atoms. The number of oxazole rings is 1. The van der Waals surface area contributed by atoms with E-state index in [4.69, 9.17) is 19.0 Å². The summed E-state index contributed by atoms with van der Waals surface area (Å²) in [6.07, 6.45) is 0.803. The van der Waals surface area contributed by atoms with Gasteiger partial charge in [-0.15, -0.1) is 0 Å². The minimum atomic E-state index is -0.861. The maximum absolute atomic E-state index is 11.8. The van der Waals surface area contributed by atoms with Crippen LogP contribution in [0, 0.1) is 6.92 Å². The summed E-state index contributed by atoms with van der Waals surface area (Å²) < 4.78 is 17.9. The highest BCUT2D eigenvalue weighted by molar-refractivity contribution is 9.10. The van der Waals surface area contributed by atoms with Crippen molar-refractivity contribution < 1.29 is 28.6 Å². The van der Waals surface area contributed by atoms with Crippen LogP contribution in [0.4, 0.5) is 0 Å². The summed E-state index contributed by atoms with van der Waals surface area (Å²) in [5.74, 6) is 0.779. The largest absolute Gasteiger partial charge is 0.493 e. The maximum atomic E-state index is 11.8. The van der Waals surface area contributed by atoms with Crippen LogP contribution in [0.25, 0.3) is 11.5 Å². The number of nitrogens with one attached hydrogen (secondary N) is 1. The fraction of sp³-hybridized carbons (Fsp3) is 0.370. The third-order valence-corrected chi connectivity index (χ3v) is 5.86. The zero-order valence-electron chi connectivity index (χ0n) is 20.7. The number of hydrogen-bond acceptors (Lipinski definition) is 7. The second-order valence-electron chi connectivity index (χ2n) is 8.59. The zero-order valence-corrected chi connectivity index (χ0v) is 22.3. The average Bonchev–Trinajstić information content (AvgIpc) is 3.18. The Morgan fingerprint density at radius 3 is 2.56 bits per heavy atom. The lowest BCUT2D eigenvalue weighted by atomic mass is 10.0. The number of aliphatic carboxylic acids is 1. The SMILES string of the molecule is Cc1oc(-c2ccc(Br)cc2)nc1CCOc1ccc(CCC(=O)O)c(CNCC(=O)OC(C)C)c1. The fourth-order valence-electron chi connectivity index (χ4n) is 3.59. The molecule has 0 aliphatic carbocycles. The molecule has 0 unspecified atom stereocenters. The number of carbonyl (C=O) groups excluding carboxylic acids is 1. The smallest absolute Gasteiger partial charge is 0.320 e. The Labute approximate surface area is 219 Å². The molecular weight excluding hydrogens is 528 g/mol. The van der Waals surface area contributed by atoms with Crippen molar-refractivity contribution in [1.82, 2.24) is 10.3 Å². The molecule has 0 bridgehead atoms. The summed E-state index contributed by atoms with van der Waals surface area (Å²) in [4.78, 5) is 27.5. The average molecular weight is 559 g/mol. The Morgan fingerprint density at radius 1 is 1.11 bits per heavy atom. The van der Waals surface area contributed by atoms with E-state index in [0.29, 0.717) is 37.6 Å². The van der Waals surface area contributed by atoms with E-state index < -0.39 is 5.97 Å². The number of halogens is 1. The molecule has 3 rings (SSSR count). The second kappa shape index (κ2) is 13.2. The quantitative estimate of drug-likeness (QED) is 0.279. The van der Waals surface area contributed by atoms with Crippen molar-refractivity contribution in [2.45, 2.75) is 52.7 Å². The van der Waals surface area contributed by atoms with Crippen LogP contribution in [0.1, 0.15) is 42.8 Å². The Balaban J connectivity index is 1.61. The Hall–Kier alpha value is -3.17. The number of hydrogen-bond donors (Lipinski definition) is 2. The highest BCUT2D eigenvalue weighted by atomic mass is 79.9. The molecule has 8 nitrogen and oxygen atoms in total. The van der Waals surface area contributed by atoms with Crippen molar-refractivity contribution in [2.75, 3.05) is 13.2 Å². The molecule has 9 heteroatoms. The van der Waals surface area contributed by atoms with E-state index in [1.54, 1.807) is 13.8 Å². The van der Waals surface area contributed by atoms with E-state index in [-0.39, 0.29) is 25.0 Å². The minimum Gasteiger partial charge on any atom is -0.493 e. The summed E-state index contributed by atoms with van der Waals surface area (Å²) in [5.41, 5.74) is 3.50. The van der Waals surface area contributed by atoms with Gasteiger partial charge in [-0.05, 0) is 74.7 Å². The van der Waals surface area contributed by atoms with Gasteiger partial charge in [-0.2, -0.15) is 0 Å². The number of esters is 1. The van der Waals surface area contributed by atoms with Crippen LogP contribution in [0.5, 0.6) is 5.75 Å². The molecule has 0 spiro atoms. The molecule has 2 N–H and O–H groups in total. The van der Waals surface area contributed by atoms with Gasteiger partial charge >= 0.3 is 11.9 Å². The number of aromatic nitrogens is 1. The van der Waals surface area contributed by atoms with Gasteiger partial charge in [-0.25, -0.2) is 4.98 Å². The molecule has 0 saturated carbocycles. The predicted octanol–water partition coefficient (Wildman–Crippen LogP) is 5.09. The van der Waals surface area contributed by atoms with Crippen molar-refractivity contribution in [1.29, 1.82) is 0 Å². The van der Waals surface area contributed by atoms with Gasteiger partial charge in [0.2, 0.25) is 5.89 Å². The van der Waals surface area contributed by atoms with Crippen LogP contribution in [-0.2, 0) is 33.7 Å². The van der Waals surface area contributed by atoms with Crippen LogP contribution >= 0.6 is 15.9 Å². The first-order valence-corrected chi connectivity index (χ1v) is 12.6. The number of rotatable bonds is 13.